The molecule has 26 heavy (non-hydrogen) atoms. The summed E-state index contributed by atoms with van der Waals surface area (Å²) < 4.78 is 57.4. The van der Waals surface area contributed by atoms with Gasteiger partial charge in [-0.2, -0.15) is 13.5 Å². The Morgan fingerprint density at radius 2 is 1.62 bits per heavy atom. The van der Waals surface area contributed by atoms with Gasteiger partial charge in [-0.15, -0.1) is 5.11 Å². The standard InChI is InChI=1S/C14H16N4O6S2/c15-10-1-6-14(13(16)9-10)18-17-11-2-4-12(5-3-11)25(19,20)8-7-24-26(21,22)23/h1-6,9H,7-8,15-16H2,(H,21,22,23)/b18-17+. The maximum Gasteiger partial charge on any atom is 0.397 e. The highest BCUT2D eigenvalue weighted by Gasteiger charge is 2.16. The van der Waals surface area contributed by atoms with Gasteiger partial charge in [0, 0.05) is 5.69 Å². The fourth-order valence-corrected chi connectivity index (χ4v) is 3.35. The number of azo groups is 1. The molecule has 0 bridgehead atoms. The molecule has 12 heteroatoms. The second-order valence-electron chi connectivity index (χ2n) is 5.08. The largest absolute Gasteiger partial charge is 0.399 e. The Morgan fingerprint density at radius 3 is 2.19 bits per heavy atom. The van der Waals surface area contributed by atoms with E-state index < -0.39 is 32.6 Å². The van der Waals surface area contributed by atoms with Crippen molar-refractivity contribution in [3.8, 4) is 0 Å². The lowest BCUT2D eigenvalue weighted by molar-refractivity contribution is 0.284. The van der Waals surface area contributed by atoms with Gasteiger partial charge in [-0.05, 0) is 42.5 Å². The Hall–Kier alpha value is -2.54. The van der Waals surface area contributed by atoms with Crippen molar-refractivity contribution in [2.75, 3.05) is 23.8 Å². The predicted octanol–water partition coefficient (Wildman–Crippen LogP) is 1.86. The first-order chi connectivity index (χ1) is 12.1. The zero-order chi connectivity index (χ0) is 19.4. The van der Waals surface area contributed by atoms with E-state index in [0.717, 1.165) is 0 Å². The summed E-state index contributed by atoms with van der Waals surface area (Å²) in [5, 5.41) is 7.92. The molecule has 5 N–H and O–H groups in total. The van der Waals surface area contributed by atoms with E-state index in [4.69, 9.17) is 16.0 Å². The molecule has 0 unspecified atom stereocenters. The molecule has 10 nitrogen and oxygen atoms in total. The van der Waals surface area contributed by atoms with Crippen LogP contribution in [0, 0.1) is 0 Å². The van der Waals surface area contributed by atoms with Crippen molar-refractivity contribution in [2.45, 2.75) is 4.90 Å². The zero-order valence-corrected chi connectivity index (χ0v) is 14.9. The number of hydrogen-bond acceptors (Lipinski definition) is 9. The minimum absolute atomic E-state index is 0.0533. The van der Waals surface area contributed by atoms with E-state index in [1.165, 1.54) is 24.3 Å². The highest BCUT2D eigenvalue weighted by molar-refractivity contribution is 7.91. The molecule has 0 saturated carbocycles. The first kappa shape index (κ1) is 19.8. The van der Waals surface area contributed by atoms with E-state index in [0.29, 0.717) is 22.7 Å². The third-order valence-electron chi connectivity index (χ3n) is 3.10. The Labute approximate surface area is 150 Å². The smallest absolute Gasteiger partial charge is 0.397 e. The summed E-state index contributed by atoms with van der Waals surface area (Å²) in [7, 11) is -8.47. The van der Waals surface area contributed by atoms with Crippen LogP contribution in [0.25, 0.3) is 0 Å². The normalized spacial score (nSPS) is 12.5. The van der Waals surface area contributed by atoms with Gasteiger partial charge in [-0.1, -0.05) is 0 Å². The molecule has 0 aliphatic rings. The van der Waals surface area contributed by atoms with Gasteiger partial charge in [-0.3, -0.25) is 4.55 Å². The lowest BCUT2D eigenvalue weighted by Crippen LogP contribution is -2.15. The number of benzene rings is 2. The average Bonchev–Trinajstić information content (AvgIpc) is 2.53. The van der Waals surface area contributed by atoms with Crippen LogP contribution in [0.5, 0.6) is 0 Å². The van der Waals surface area contributed by atoms with Gasteiger partial charge in [0.25, 0.3) is 0 Å². The Balaban J connectivity index is 2.08. The molecule has 0 atom stereocenters. The second-order valence-corrected chi connectivity index (χ2v) is 8.28. The van der Waals surface area contributed by atoms with Gasteiger partial charge in [0.15, 0.2) is 9.84 Å². The van der Waals surface area contributed by atoms with Crippen LogP contribution in [0.2, 0.25) is 0 Å². The summed E-state index contributed by atoms with van der Waals surface area (Å²) in [5.74, 6) is -0.615. The molecule has 0 spiro atoms. The highest BCUT2D eigenvalue weighted by Crippen LogP contribution is 2.26. The summed E-state index contributed by atoms with van der Waals surface area (Å²) in [4.78, 5) is -0.0533. The minimum Gasteiger partial charge on any atom is -0.399 e. The lowest BCUT2D eigenvalue weighted by atomic mass is 10.2. The quantitative estimate of drug-likeness (QED) is 0.358. The van der Waals surface area contributed by atoms with Crippen LogP contribution in [0.3, 0.4) is 0 Å². The number of rotatable bonds is 7. The fraction of sp³-hybridized carbons (Fsp3) is 0.143. The molecule has 0 aromatic heterocycles. The maximum atomic E-state index is 12.0. The number of hydrogen-bond donors (Lipinski definition) is 3. The fourth-order valence-electron chi connectivity index (χ4n) is 1.86. The molecule has 2 aromatic carbocycles. The summed E-state index contributed by atoms with van der Waals surface area (Å²) in [6.45, 7) is -0.695. The van der Waals surface area contributed by atoms with Gasteiger partial charge in [0.05, 0.1) is 28.6 Å². The second kappa shape index (κ2) is 7.78. The van der Waals surface area contributed by atoms with Crippen LogP contribution < -0.4 is 11.5 Å². The van der Waals surface area contributed by atoms with E-state index in [9.17, 15) is 16.8 Å². The van der Waals surface area contributed by atoms with Gasteiger partial charge in [-0.25, -0.2) is 12.6 Å². The van der Waals surface area contributed by atoms with Crippen molar-refractivity contribution in [3.63, 3.8) is 0 Å². The molecule has 0 aliphatic heterocycles. The molecule has 0 fully saturated rings. The van der Waals surface area contributed by atoms with E-state index in [2.05, 4.69) is 14.4 Å². The zero-order valence-electron chi connectivity index (χ0n) is 13.3. The van der Waals surface area contributed by atoms with Gasteiger partial charge in [0.1, 0.15) is 5.69 Å². The van der Waals surface area contributed by atoms with Crippen LogP contribution in [0.15, 0.2) is 57.6 Å². The van der Waals surface area contributed by atoms with Crippen LogP contribution in [0.4, 0.5) is 22.7 Å². The van der Waals surface area contributed by atoms with E-state index >= 15 is 0 Å². The third kappa shape index (κ3) is 5.77. The van der Waals surface area contributed by atoms with Crippen LogP contribution in [0.1, 0.15) is 0 Å². The van der Waals surface area contributed by atoms with Crippen molar-refractivity contribution in [1.82, 2.24) is 0 Å². The number of sulfone groups is 1. The number of anilines is 2. The van der Waals surface area contributed by atoms with E-state index in [1.54, 1.807) is 18.2 Å². The van der Waals surface area contributed by atoms with Crippen molar-refractivity contribution >= 4 is 43.0 Å². The molecular formula is C14H16N4O6S2. The highest BCUT2D eigenvalue weighted by atomic mass is 32.3. The molecule has 0 radical (unpaired) electrons. The van der Waals surface area contributed by atoms with Gasteiger partial charge >= 0.3 is 10.4 Å². The van der Waals surface area contributed by atoms with Crippen molar-refractivity contribution in [2.24, 2.45) is 10.2 Å². The van der Waals surface area contributed by atoms with Crippen LogP contribution in [-0.4, -0.2) is 33.7 Å². The maximum absolute atomic E-state index is 12.0. The monoisotopic (exact) mass is 400 g/mol. The topological polar surface area (TPSA) is 174 Å². The summed E-state index contributed by atoms with van der Waals surface area (Å²) in [6.07, 6.45) is 0. The van der Waals surface area contributed by atoms with Crippen LogP contribution in [-0.2, 0) is 24.4 Å². The van der Waals surface area contributed by atoms with Crippen molar-refractivity contribution in [1.29, 1.82) is 0 Å². The molecule has 0 amide bonds. The molecule has 2 rings (SSSR count). The summed E-state index contributed by atoms with van der Waals surface area (Å²) in [5.41, 5.74) is 13.0. The van der Waals surface area contributed by atoms with Crippen molar-refractivity contribution < 1.29 is 25.6 Å². The molecule has 140 valence electrons. The molecule has 0 heterocycles. The summed E-state index contributed by atoms with van der Waals surface area (Å²) in [6, 6.07) is 10.2. The molecular weight excluding hydrogens is 384 g/mol. The Kier molecular flexibility index (Phi) is 5.92. The van der Waals surface area contributed by atoms with Gasteiger partial charge in [0.2, 0.25) is 0 Å². The van der Waals surface area contributed by atoms with E-state index in [1.807, 2.05) is 0 Å². The Morgan fingerprint density at radius 1 is 0.962 bits per heavy atom. The SMILES string of the molecule is Nc1ccc(/N=N/c2ccc(S(=O)(=O)CCOS(=O)(=O)O)cc2)c(N)c1. The number of nitrogens with zero attached hydrogens (tertiary/aromatic N) is 2. The average molecular weight is 400 g/mol. The first-order valence-corrected chi connectivity index (χ1v) is 10.1. The lowest BCUT2D eigenvalue weighted by Gasteiger charge is -2.04. The minimum atomic E-state index is -4.69. The molecule has 0 saturated heterocycles. The molecule has 2 aromatic rings. The molecule has 0 aliphatic carbocycles. The number of nitrogen functional groups attached to an aromatic ring is 2. The number of nitrogens with two attached hydrogens (primary N) is 2. The Bertz CT molecular complexity index is 1020. The first-order valence-electron chi connectivity index (χ1n) is 7.08. The van der Waals surface area contributed by atoms with Gasteiger partial charge < -0.3 is 11.5 Å². The van der Waals surface area contributed by atoms with Crippen LogP contribution >= 0.6 is 0 Å². The van der Waals surface area contributed by atoms with E-state index in [-0.39, 0.29) is 4.90 Å². The summed E-state index contributed by atoms with van der Waals surface area (Å²) >= 11 is 0. The van der Waals surface area contributed by atoms with Crippen molar-refractivity contribution in [3.05, 3.63) is 42.5 Å². The predicted molar refractivity (Wildman–Crippen MR) is 95.4 cm³/mol. The third-order valence-corrected chi connectivity index (χ3v) is 5.26.